The Kier molecular flexibility index (Phi) is 8.13. The van der Waals surface area contributed by atoms with Crippen molar-refractivity contribution in [3.05, 3.63) is 12.7 Å². The van der Waals surface area contributed by atoms with Crippen LogP contribution in [0, 0.1) is 5.92 Å². The van der Waals surface area contributed by atoms with Crippen molar-refractivity contribution in [2.75, 3.05) is 6.61 Å². The van der Waals surface area contributed by atoms with Crippen LogP contribution in [0.5, 0.6) is 0 Å². The first-order valence-electron chi connectivity index (χ1n) is 5.70. The first kappa shape index (κ1) is 16.4. The van der Waals surface area contributed by atoms with Crippen LogP contribution in [-0.2, 0) is 18.4 Å². The first-order chi connectivity index (χ1) is 7.87. The molecule has 6 heteroatoms. The zero-order chi connectivity index (χ0) is 13.3. The summed E-state index contributed by atoms with van der Waals surface area (Å²) in [6, 6.07) is 0. The molecule has 0 saturated carbocycles. The molecule has 1 unspecified atom stereocenters. The van der Waals surface area contributed by atoms with Gasteiger partial charge in [-0.3, -0.25) is 9.42 Å². The topological polar surface area (TPSA) is 72.8 Å². The summed E-state index contributed by atoms with van der Waals surface area (Å²) in [5.41, 5.74) is 0. The van der Waals surface area contributed by atoms with Crippen molar-refractivity contribution >= 4 is 13.8 Å². The van der Waals surface area contributed by atoms with Gasteiger partial charge in [0.1, 0.15) is 0 Å². The zero-order valence-electron chi connectivity index (χ0n) is 10.4. The summed E-state index contributed by atoms with van der Waals surface area (Å²) in [7, 11) is -4.25. The van der Waals surface area contributed by atoms with E-state index in [1.165, 1.54) is 0 Å². The molecule has 0 aliphatic rings. The van der Waals surface area contributed by atoms with Crippen LogP contribution in [0.15, 0.2) is 12.7 Å². The number of rotatable bonds is 9. The summed E-state index contributed by atoms with van der Waals surface area (Å²) < 4.78 is 20.0. The Hall–Kier alpha value is -0.640. The van der Waals surface area contributed by atoms with Gasteiger partial charge in [-0.15, -0.1) is 0 Å². The van der Waals surface area contributed by atoms with E-state index < -0.39 is 13.8 Å². The van der Waals surface area contributed by atoms with Crippen LogP contribution in [-0.4, -0.2) is 17.5 Å². The normalized spacial score (nSPS) is 14.4. The summed E-state index contributed by atoms with van der Waals surface area (Å²) in [5, 5.41) is 0. The lowest BCUT2D eigenvalue weighted by Gasteiger charge is -2.10. The Morgan fingerprint density at radius 2 is 2.06 bits per heavy atom. The minimum Gasteiger partial charge on any atom is -0.367 e. The minimum atomic E-state index is -4.25. The van der Waals surface area contributed by atoms with E-state index in [1.807, 2.05) is 0 Å². The molecule has 0 heterocycles. The van der Waals surface area contributed by atoms with E-state index >= 15 is 0 Å². The molecule has 100 valence electrons. The van der Waals surface area contributed by atoms with Gasteiger partial charge < -0.3 is 4.52 Å². The highest BCUT2D eigenvalue weighted by Crippen LogP contribution is 2.43. The molecule has 1 atom stereocenters. The van der Waals surface area contributed by atoms with Gasteiger partial charge in [-0.25, -0.2) is 9.36 Å². The van der Waals surface area contributed by atoms with E-state index in [1.54, 1.807) is 0 Å². The SMILES string of the molecule is C=CC(=O)OP(=O)(O)OCCCCCC(C)C. The number of unbranched alkanes of at least 4 members (excludes halogenated alkanes) is 2. The molecule has 17 heavy (non-hydrogen) atoms. The van der Waals surface area contributed by atoms with Crippen molar-refractivity contribution in [2.45, 2.75) is 39.5 Å². The Bertz CT molecular complexity index is 288. The lowest BCUT2D eigenvalue weighted by molar-refractivity contribution is -0.130. The maximum Gasteiger partial charge on any atom is 0.529 e. The molecule has 0 aliphatic heterocycles. The van der Waals surface area contributed by atoms with Crippen LogP contribution in [0.25, 0.3) is 0 Å². The van der Waals surface area contributed by atoms with E-state index in [9.17, 15) is 9.36 Å². The van der Waals surface area contributed by atoms with Crippen molar-refractivity contribution in [2.24, 2.45) is 5.92 Å². The number of hydrogen-bond acceptors (Lipinski definition) is 4. The molecular weight excluding hydrogens is 243 g/mol. The van der Waals surface area contributed by atoms with Gasteiger partial charge in [-0.05, 0) is 12.3 Å². The summed E-state index contributed by atoms with van der Waals surface area (Å²) in [4.78, 5) is 19.8. The highest BCUT2D eigenvalue weighted by molar-refractivity contribution is 7.48. The average Bonchev–Trinajstić information content (AvgIpc) is 2.22. The van der Waals surface area contributed by atoms with Gasteiger partial charge >= 0.3 is 13.8 Å². The number of phosphoric ester groups is 1. The Balaban J connectivity index is 3.62. The molecule has 0 aromatic rings. The molecule has 0 aliphatic carbocycles. The summed E-state index contributed by atoms with van der Waals surface area (Å²) >= 11 is 0. The van der Waals surface area contributed by atoms with E-state index in [0.717, 1.165) is 25.3 Å². The largest absolute Gasteiger partial charge is 0.529 e. The maximum atomic E-state index is 11.2. The first-order valence-corrected chi connectivity index (χ1v) is 7.20. The summed E-state index contributed by atoms with van der Waals surface area (Å²) in [6.45, 7) is 7.52. The lowest BCUT2D eigenvalue weighted by Crippen LogP contribution is -2.02. The standard InChI is InChI=1S/C11H21O5P/c1-4-11(12)16-17(13,14)15-9-7-5-6-8-10(2)3/h4,10H,1,5-9H2,2-3H3,(H,13,14). The highest BCUT2D eigenvalue weighted by atomic mass is 31.2. The number of phosphoric acid groups is 1. The maximum absolute atomic E-state index is 11.2. The molecule has 0 radical (unpaired) electrons. The highest BCUT2D eigenvalue weighted by Gasteiger charge is 2.24. The predicted molar refractivity (Wildman–Crippen MR) is 65.4 cm³/mol. The fourth-order valence-corrected chi connectivity index (χ4v) is 1.90. The van der Waals surface area contributed by atoms with Crippen LogP contribution in [0.4, 0.5) is 0 Å². The molecule has 0 fully saturated rings. The third kappa shape index (κ3) is 10.2. The van der Waals surface area contributed by atoms with Crippen LogP contribution in [0.3, 0.4) is 0 Å². The smallest absolute Gasteiger partial charge is 0.367 e. The second-order valence-electron chi connectivity index (χ2n) is 4.16. The molecule has 1 N–H and O–H groups in total. The fraction of sp³-hybridized carbons (Fsp3) is 0.727. The van der Waals surface area contributed by atoms with E-state index in [4.69, 9.17) is 4.89 Å². The van der Waals surface area contributed by atoms with Gasteiger partial charge in [0.15, 0.2) is 0 Å². The van der Waals surface area contributed by atoms with Crippen LogP contribution < -0.4 is 0 Å². The molecule has 0 amide bonds. The Morgan fingerprint density at radius 1 is 1.41 bits per heavy atom. The predicted octanol–water partition coefficient (Wildman–Crippen LogP) is 3.05. The molecule has 0 saturated heterocycles. The molecular formula is C11H21O5P. The van der Waals surface area contributed by atoms with Crippen molar-refractivity contribution in [3.63, 3.8) is 0 Å². The number of hydrogen-bond donors (Lipinski definition) is 1. The molecule has 0 aromatic heterocycles. The van der Waals surface area contributed by atoms with Crippen LogP contribution in [0.1, 0.15) is 39.5 Å². The lowest BCUT2D eigenvalue weighted by atomic mass is 10.1. The Morgan fingerprint density at radius 3 is 2.59 bits per heavy atom. The number of carbonyl (C=O) groups excluding carboxylic acids is 1. The van der Waals surface area contributed by atoms with Crippen molar-refractivity contribution in [1.82, 2.24) is 0 Å². The second kappa shape index (κ2) is 8.45. The van der Waals surface area contributed by atoms with Crippen molar-refractivity contribution in [3.8, 4) is 0 Å². The van der Waals surface area contributed by atoms with E-state index in [-0.39, 0.29) is 6.61 Å². The van der Waals surface area contributed by atoms with Gasteiger partial charge in [-0.1, -0.05) is 39.7 Å². The molecule has 0 bridgehead atoms. The number of carbonyl (C=O) groups is 1. The molecule has 5 nitrogen and oxygen atoms in total. The quantitative estimate of drug-likeness (QED) is 0.393. The van der Waals surface area contributed by atoms with Gasteiger partial charge in [0.2, 0.25) is 0 Å². The third-order valence-corrected chi connectivity index (χ3v) is 2.97. The van der Waals surface area contributed by atoms with Crippen LogP contribution in [0.2, 0.25) is 0 Å². The second-order valence-corrected chi connectivity index (χ2v) is 5.54. The molecule has 0 aromatic carbocycles. The summed E-state index contributed by atoms with van der Waals surface area (Å²) in [5.74, 6) is -0.302. The molecule has 0 rings (SSSR count). The fourth-order valence-electron chi connectivity index (χ4n) is 1.19. The summed E-state index contributed by atoms with van der Waals surface area (Å²) in [6.07, 6.45) is 4.59. The third-order valence-electron chi connectivity index (χ3n) is 2.05. The van der Waals surface area contributed by atoms with Crippen molar-refractivity contribution in [1.29, 1.82) is 0 Å². The van der Waals surface area contributed by atoms with E-state index in [0.29, 0.717) is 12.3 Å². The average molecular weight is 264 g/mol. The van der Waals surface area contributed by atoms with Gasteiger partial charge in [-0.2, -0.15) is 0 Å². The van der Waals surface area contributed by atoms with Gasteiger partial charge in [0.25, 0.3) is 0 Å². The Labute approximate surface area is 102 Å². The molecule has 0 spiro atoms. The zero-order valence-corrected chi connectivity index (χ0v) is 11.3. The minimum absolute atomic E-state index is 0.107. The van der Waals surface area contributed by atoms with E-state index in [2.05, 4.69) is 29.5 Å². The van der Waals surface area contributed by atoms with Gasteiger partial charge in [0.05, 0.1) is 6.61 Å². The monoisotopic (exact) mass is 264 g/mol. The van der Waals surface area contributed by atoms with Gasteiger partial charge in [0, 0.05) is 6.08 Å². The van der Waals surface area contributed by atoms with Crippen molar-refractivity contribution < 1.29 is 23.3 Å². The van der Waals surface area contributed by atoms with Crippen LogP contribution >= 0.6 is 7.82 Å².